The molecule has 0 bridgehead atoms. The summed E-state index contributed by atoms with van der Waals surface area (Å²) in [6.45, 7) is 8.98. The molecule has 2 heterocycles. The van der Waals surface area contributed by atoms with Crippen LogP contribution in [0.25, 0.3) is 0 Å². The second kappa shape index (κ2) is 10.1. The van der Waals surface area contributed by atoms with Crippen LogP contribution in [0.15, 0.2) is 42.6 Å². The van der Waals surface area contributed by atoms with Gasteiger partial charge in [-0.1, -0.05) is 26.0 Å². The Labute approximate surface area is 167 Å². The van der Waals surface area contributed by atoms with E-state index in [0.717, 1.165) is 69.4 Å². The van der Waals surface area contributed by atoms with E-state index in [4.69, 9.17) is 4.74 Å². The zero-order chi connectivity index (χ0) is 19.8. The summed E-state index contributed by atoms with van der Waals surface area (Å²) in [5.74, 6) is 0.784. The molecule has 0 atom stereocenters. The Balaban J connectivity index is 1.72. The molecular formula is C22H30N4O2. The molecule has 3 rings (SSSR count). The number of carbonyl (C=O) groups excluding carboxylic acids is 1. The van der Waals surface area contributed by atoms with Gasteiger partial charge in [0.25, 0.3) is 5.91 Å². The zero-order valence-electron chi connectivity index (χ0n) is 16.9. The fraction of sp³-hybridized carbons (Fsp3) is 0.455. The van der Waals surface area contributed by atoms with Gasteiger partial charge >= 0.3 is 0 Å². The van der Waals surface area contributed by atoms with E-state index < -0.39 is 0 Å². The third kappa shape index (κ3) is 5.01. The lowest BCUT2D eigenvalue weighted by Gasteiger charge is -2.30. The molecular weight excluding hydrogens is 352 g/mol. The van der Waals surface area contributed by atoms with Crippen molar-refractivity contribution in [3.63, 3.8) is 0 Å². The highest BCUT2D eigenvalue weighted by Crippen LogP contribution is 2.28. The Hall–Kier alpha value is -2.60. The van der Waals surface area contributed by atoms with E-state index in [1.54, 1.807) is 6.20 Å². The monoisotopic (exact) mass is 382 g/mol. The van der Waals surface area contributed by atoms with Crippen LogP contribution < -0.4 is 10.2 Å². The summed E-state index contributed by atoms with van der Waals surface area (Å²) in [5.41, 5.74) is 2.79. The fourth-order valence-electron chi connectivity index (χ4n) is 3.43. The highest BCUT2D eigenvalue weighted by Gasteiger charge is 2.16. The first-order chi connectivity index (χ1) is 13.7. The SMILES string of the molecule is CCCN(CCC)C(=O)c1ccc(Nc2ccccc2N2CCOCC2)nc1. The number of hydrogen-bond acceptors (Lipinski definition) is 5. The zero-order valence-corrected chi connectivity index (χ0v) is 16.9. The van der Waals surface area contributed by atoms with Crippen molar-refractivity contribution in [2.24, 2.45) is 0 Å². The lowest BCUT2D eigenvalue weighted by atomic mass is 10.2. The highest BCUT2D eigenvalue weighted by atomic mass is 16.5. The molecule has 28 heavy (non-hydrogen) atoms. The number of benzene rings is 1. The first kappa shape index (κ1) is 20.1. The largest absolute Gasteiger partial charge is 0.378 e. The van der Waals surface area contributed by atoms with Crippen molar-refractivity contribution in [1.82, 2.24) is 9.88 Å². The van der Waals surface area contributed by atoms with Crippen molar-refractivity contribution >= 4 is 23.1 Å². The number of para-hydroxylation sites is 2. The molecule has 1 aromatic heterocycles. The number of aromatic nitrogens is 1. The van der Waals surface area contributed by atoms with Gasteiger partial charge in [-0.2, -0.15) is 0 Å². The molecule has 1 aromatic carbocycles. The first-order valence-electron chi connectivity index (χ1n) is 10.2. The average Bonchev–Trinajstić information content (AvgIpc) is 2.75. The number of carbonyl (C=O) groups is 1. The van der Waals surface area contributed by atoms with Crippen LogP contribution >= 0.6 is 0 Å². The van der Waals surface area contributed by atoms with Crippen LogP contribution in [-0.2, 0) is 4.74 Å². The van der Waals surface area contributed by atoms with Gasteiger partial charge in [-0.25, -0.2) is 4.98 Å². The average molecular weight is 383 g/mol. The summed E-state index contributed by atoms with van der Waals surface area (Å²) in [4.78, 5) is 21.4. The van der Waals surface area contributed by atoms with E-state index in [-0.39, 0.29) is 5.91 Å². The molecule has 1 amide bonds. The number of nitrogens with zero attached hydrogens (tertiary/aromatic N) is 3. The van der Waals surface area contributed by atoms with Crippen LogP contribution in [-0.4, -0.2) is 55.2 Å². The van der Waals surface area contributed by atoms with Gasteiger partial charge in [-0.3, -0.25) is 4.79 Å². The van der Waals surface area contributed by atoms with Crippen molar-refractivity contribution in [1.29, 1.82) is 0 Å². The van der Waals surface area contributed by atoms with Crippen molar-refractivity contribution in [2.45, 2.75) is 26.7 Å². The molecule has 0 aliphatic carbocycles. The predicted octanol–water partition coefficient (Wildman–Crippen LogP) is 3.92. The van der Waals surface area contributed by atoms with Crippen molar-refractivity contribution < 1.29 is 9.53 Å². The van der Waals surface area contributed by atoms with Gasteiger partial charge in [0, 0.05) is 32.4 Å². The Bertz CT molecular complexity index is 751. The van der Waals surface area contributed by atoms with Gasteiger partial charge in [0.2, 0.25) is 0 Å². The number of morpholine rings is 1. The van der Waals surface area contributed by atoms with E-state index in [1.165, 1.54) is 0 Å². The van der Waals surface area contributed by atoms with E-state index in [1.807, 2.05) is 29.2 Å². The quantitative estimate of drug-likeness (QED) is 0.750. The standard InChI is InChI=1S/C22H30N4O2/c1-3-11-26(12-4-2)22(27)18-9-10-21(23-17-18)24-19-7-5-6-8-20(19)25-13-15-28-16-14-25/h5-10,17H,3-4,11-16H2,1-2H3,(H,23,24). The van der Waals surface area contributed by atoms with E-state index in [2.05, 4.69) is 41.2 Å². The van der Waals surface area contributed by atoms with E-state index in [0.29, 0.717) is 5.56 Å². The van der Waals surface area contributed by atoms with Crippen LogP contribution in [0.3, 0.4) is 0 Å². The third-order valence-electron chi connectivity index (χ3n) is 4.80. The molecule has 1 fully saturated rings. The minimum Gasteiger partial charge on any atom is -0.378 e. The van der Waals surface area contributed by atoms with Gasteiger partial charge in [-0.15, -0.1) is 0 Å². The number of amides is 1. The summed E-state index contributed by atoms with van der Waals surface area (Å²) >= 11 is 0. The van der Waals surface area contributed by atoms with Crippen molar-refractivity contribution in [3.8, 4) is 0 Å². The summed E-state index contributed by atoms with van der Waals surface area (Å²) in [6, 6.07) is 11.9. The molecule has 0 radical (unpaired) electrons. The Kier molecular flexibility index (Phi) is 7.25. The minimum atomic E-state index is 0.0523. The topological polar surface area (TPSA) is 57.7 Å². The fourth-order valence-corrected chi connectivity index (χ4v) is 3.43. The van der Waals surface area contributed by atoms with Gasteiger partial charge in [0.1, 0.15) is 5.82 Å². The summed E-state index contributed by atoms with van der Waals surface area (Å²) in [6.07, 6.45) is 3.58. The number of ether oxygens (including phenoxy) is 1. The molecule has 6 nitrogen and oxygen atoms in total. The minimum absolute atomic E-state index is 0.0523. The second-order valence-corrected chi connectivity index (χ2v) is 6.97. The normalized spacial score (nSPS) is 14.0. The van der Waals surface area contributed by atoms with Crippen LogP contribution in [0.1, 0.15) is 37.0 Å². The molecule has 6 heteroatoms. The lowest BCUT2D eigenvalue weighted by molar-refractivity contribution is 0.0755. The lowest BCUT2D eigenvalue weighted by Crippen LogP contribution is -2.36. The van der Waals surface area contributed by atoms with Gasteiger partial charge in [0.05, 0.1) is 30.2 Å². The predicted molar refractivity (Wildman–Crippen MR) is 113 cm³/mol. The highest BCUT2D eigenvalue weighted by molar-refractivity contribution is 5.94. The van der Waals surface area contributed by atoms with Crippen LogP contribution in [0.5, 0.6) is 0 Å². The molecule has 0 saturated carbocycles. The number of rotatable bonds is 8. The Morgan fingerprint density at radius 1 is 1.11 bits per heavy atom. The Morgan fingerprint density at radius 3 is 2.46 bits per heavy atom. The maximum absolute atomic E-state index is 12.7. The molecule has 1 aliphatic rings. The van der Waals surface area contributed by atoms with Crippen LogP contribution in [0, 0.1) is 0 Å². The molecule has 150 valence electrons. The molecule has 0 unspecified atom stereocenters. The second-order valence-electron chi connectivity index (χ2n) is 6.97. The molecule has 1 N–H and O–H groups in total. The maximum atomic E-state index is 12.7. The number of nitrogens with one attached hydrogen (secondary N) is 1. The van der Waals surface area contributed by atoms with Crippen molar-refractivity contribution in [2.75, 3.05) is 49.6 Å². The summed E-state index contributed by atoms with van der Waals surface area (Å²) in [5, 5.41) is 3.40. The molecule has 2 aromatic rings. The third-order valence-corrected chi connectivity index (χ3v) is 4.80. The number of hydrogen-bond donors (Lipinski definition) is 1. The molecule has 1 aliphatic heterocycles. The first-order valence-corrected chi connectivity index (χ1v) is 10.2. The van der Waals surface area contributed by atoms with Gasteiger partial charge < -0.3 is 19.9 Å². The van der Waals surface area contributed by atoms with Crippen LogP contribution in [0.2, 0.25) is 0 Å². The van der Waals surface area contributed by atoms with Gasteiger partial charge in [0.15, 0.2) is 0 Å². The van der Waals surface area contributed by atoms with Crippen molar-refractivity contribution in [3.05, 3.63) is 48.2 Å². The van der Waals surface area contributed by atoms with E-state index in [9.17, 15) is 4.79 Å². The molecule has 0 spiro atoms. The smallest absolute Gasteiger partial charge is 0.255 e. The number of pyridine rings is 1. The van der Waals surface area contributed by atoms with Crippen LogP contribution in [0.4, 0.5) is 17.2 Å². The van der Waals surface area contributed by atoms with E-state index >= 15 is 0 Å². The summed E-state index contributed by atoms with van der Waals surface area (Å²) in [7, 11) is 0. The number of anilines is 3. The summed E-state index contributed by atoms with van der Waals surface area (Å²) < 4.78 is 5.46. The maximum Gasteiger partial charge on any atom is 0.255 e. The Morgan fingerprint density at radius 2 is 1.82 bits per heavy atom. The molecule has 1 saturated heterocycles. The van der Waals surface area contributed by atoms with Gasteiger partial charge in [-0.05, 0) is 37.1 Å².